The first-order valence-corrected chi connectivity index (χ1v) is 7.95. The molecular weight excluding hydrogens is 280 g/mol. The number of nitrogens with zero attached hydrogens (tertiary/aromatic N) is 1. The number of non-ortho nitro benzene ring substituents is 1. The van der Waals surface area contributed by atoms with Crippen LogP contribution < -0.4 is 5.73 Å². The zero-order valence-electron chi connectivity index (χ0n) is 11.4. The van der Waals surface area contributed by atoms with Gasteiger partial charge in [-0.1, -0.05) is 13.8 Å². The van der Waals surface area contributed by atoms with E-state index in [-0.39, 0.29) is 16.0 Å². The molecule has 1 aromatic rings. The van der Waals surface area contributed by atoms with Crippen LogP contribution in [0.5, 0.6) is 0 Å². The lowest BCUT2D eigenvalue weighted by molar-refractivity contribution is -0.384. The van der Waals surface area contributed by atoms with Gasteiger partial charge in [0.15, 0.2) is 9.84 Å². The van der Waals surface area contributed by atoms with Crippen LogP contribution in [0.2, 0.25) is 0 Å². The highest BCUT2D eigenvalue weighted by atomic mass is 32.2. The summed E-state index contributed by atoms with van der Waals surface area (Å²) in [6.07, 6.45) is 1.28. The first-order chi connectivity index (χ1) is 9.16. The number of nitro benzene ring substituents is 1. The van der Waals surface area contributed by atoms with Crippen molar-refractivity contribution in [1.82, 2.24) is 0 Å². The Morgan fingerprint density at radius 1 is 1.30 bits per heavy atom. The van der Waals surface area contributed by atoms with E-state index in [1.54, 1.807) is 0 Å². The maximum absolute atomic E-state index is 12.6. The minimum Gasteiger partial charge on any atom is -0.326 e. The average molecular weight is 298 g/mol. The van der Waals surface area contributed by atoms with Gasteiger partial charge in [0, 0.05) is 18.2 Å². The van der Waals surface area contributed by atoms with Crippen molar-refractivity contribution >= 4 is 15.5 Å². The molecule has 1 saturated carbocycles. The summed E-state index contributed by atoms with van der Waals surface area (Å²) in [7, 11) is -3.55. The highest BCUT2D eigenvalue weighted by Crippen LogP contribution is 2.41. The number of nitrogens with two attached hydrogens (primary N) is 1. The molecule has 1 aliphatic carbocycles. The predicted octanol–water partition coefficient (Wildman–Crippen LogP) is 1.88. The van der Waals surface area contributed by atoms with Crippen molar-refractivity contribution in [3.8, 4) is 0 Å². The van der Waals surface area contributed by atoms with E-state index < -0.39 is 26.1 Å². The summed E-state index contributed by atoms with van der Waals surface area (Å²) in [5, 5.41) is 9.97. The molecule has 2 rings (SSSR count). The first-order valence-electron chi connectivity index (χ1n) is 6.40. The van der Waals surface area contributed by atoms with Gasteiger partial charge >= 0.3 is 0 Å². The van der Waals surface area contributed by atoms with Crippen molar-refractivity contribution in [2.75, 3.05) is 0 Å². The number of benzene rings is 1. The smallest absolute Gasteiger partial charge is 0.269 e. The minimum atomic E-state index is -3.55. The fourth-order valence-electron chi connectivity index (χ4n) is 2.64. The summed E-state index contributed by atoms with van der Waals surface area (Å²) in [6.45, 7) is 3.92. The number of sulfone groups is 1. The average Bonchev–Trinajstić information content (AvgIpc) is 2.65. The molecule has 2 atom stereocenters. The number of nitro groups is 1. The van der Waals surface area contributed by atoms with E-state index in [9.17, 15) is 18.5 Å². The van der Waals surface area contributed by atoms with Gasteiger partial charge in [-0.2, -0.15) is 0 Å². The van der Waals surface area contributed by atoms with Crippen molar-refractivity contribution in [2.45, 2.75) is 42.9 Å². The molecule has 0 heterocycles. The van der Waals surface area contributed by atoms with Gasteiger partial charge < -0.3 is 5.73 Å². The fourth-order valence-corrected chi connectivity index (χ4v) is 4.69. The Balaban J connectivity index is 2.34. The third kappa shape index (κ3) is 2.43. The zero-order chi connectivity index (χ0) is 15.1. The topological polar surface area (TPSA) is 103 Å². The highest BCUT2D eigenvalue weighted by Gasteiger charge is 2.46. The van der Waals surface area contributed by atoms with E-state index in [1.165, 1.54) is 24.3 Å². The van der Waals surface area contributed by atoms with Crippen molar-refractivity contribution < 1.29 is 13.3 Å². The van der Waals surface area contributed by atoms with Gasteiger partial charge in [-0.15, -0.1) is 0 Å². The van der Waals surface area contributed by atoms with Gasteiger partial charge in [-0.25, -0.2) is 8.42 Å². The highest BCUT2D eigenvalue weighted by molar-refractivity contribution is 7.92. The Hall–Kier alpha value is -1.47. The van der Waals surface area contributed by atoms with Crippen LogP contribution in [0.25, 0.3) is 0 Å². The molecule has 20 heavy (non-hydrogen) atoms. The molecule has 2 unspecified atom stereocenters. The van der Waals surface area contributed by atoms with E-state index in [0.29, 0.717) is 6.42 Å². The third-order valence-corrected chi connectivity index (χ3v) is 6.41. The Bertz CT molecular complexity index is 622. The van der Waals surface area contributed by atoms with Crippen molar-refractivity contribution in [3.05, 3.63) is 34.4 Å². The van der Waals surface area contributed by atoms with Crippen LogP contribution in [0.4, 0.5) is 5.69 Å². The van der Waals surface area contributed by atoms with E-state index in [1.807, 2.05) is 13.8 Å². The minimum absolute atomic E-state index is 0.0984. The van der Waals surface area contributed by atoms with Crippen LogP contribution in [0.15, 0.2) is 29.2 Å². The molecule has 0 amide bonds. The molecular formula is C13H18N2O4S. The normalized spacial score (nSPS) is 25.6. The molecule has 0 bridgehead atoms. The lowest BCUT2D eigenvalue weighted by atomic mass is 9.88. The molecule has 0 radical (unpaired) electrons. The molecule has 1 aromatic carbocycles. The van der Waals surface area contributed by atoms with Gasteiger partial charge in [0.2, 0.25) is 0 Å². The summed E-state index contributed by atoms with van der Waals surface area (Å²) >= 11 is 0. The van der Waals surface area contributed by atoms with Gasteiger partial charge in [-0.3, -0.25) is 10.1 Å². The van der Waals surface area contributed by atoms with Gasteiger partial charge in [0.05, 0.1) is 15.1 Å². The lowest BCUT2D eigenvalue weighted by Gasteiger charge is -2.26. The fraction of sp³-hybridized carbons (Fsp3) is 0.538. The van der Waals surface area contributed by atoms with Crippen LogP contribution in [0, 0.1) is 15.5 Å². The molecule has 1 fully saturated rings. The molecule has 0 saturated heterocycles. The van der Waals surface area contributed by atoms with Crippen LogP contribution in [-0.4, -0.2) is 24.6 Å². The van der Waals surface area contributed by atoms with E-state index >= 15 is 0 Å². The largest absolute Gasteiger partial charge is 0.326 e. The Labute approximate surface area is 118 Å². The Kier molecular flexibility index (Phi) is 3.60. The summed E-state index contributed by atoms with van der Waals surface area (Å²) in [5.74, 6) is 0. The van der Waals surface area contributed by atoms with E-state index in [4.69, 9.17) is 5.73 Å². The SMILES string of the molecule is CC1(C)CCC(S(=O)(=O)c2ccc([N+](=O)[O-])cc2)C1N. The lowest BCUT2D eigenvalue weighted by Crippen LogP contribution is -2.43. The Morgan fingerprint density at radius 3 is 2.25 bits per heavy atom. The summed E-state index contributed by atoms with van der Waals surface area (Å²) in [5.41, 5.74) is 5.74. The number of rotatable bonds is 3. The molecule has 2 N–H and O–H groups in total. The zero-order valence-corrected chi connectivity index (χ0v) is 12.3. The molecule has 0 aromatic heterocycles. The van der Waals surface area contributed by atoms with Gasteiger partial charge in [0.1, 0.15) is 0 Å². The second-order valence-electron chi connectivity index (χ2n) is 5.89. The van der Waals surface area contributed by atoms with E-state index in [2.05, 4.69) is 0 Å². The number of hydrogen-bond acceptors (Lipinski definition) is 5. The second kappa shape index (κ2) is 4.82. The Morgan fingerprint density at radius 2 is 1.85 bits per heavy atom. The van der Waals surface area contributed by atoms with Gasteiger partial charge in [0.25, 0.3) is 5.69 Å². The van der Waals surface area contributed by atoms with Crippen molar-refractivity contribution in [3.63, 3.8) is 0 Å². The molecule has 110 valence electrons. The quantitative estimate of drug-likeness (QED) is 0.678. The van der Waals surface area contributed by atoms with Crippen LogP contribution >= 0.6 is 0 Å². The van der Waals surface area contributed by atoms with Crippen molar-refractivity contribution in [2.24, 2.45) is 11.1 Å². The van der Waals surface area contributed by atoms with Gasteiger partial charge in [-0.05, 0) is 30.4 Å². The maximum Gasteiger partial charge on any atom is 0.269 e. The van der Waals surface area contributed by atoms with Crippen LogP contribution in [0.3, 0.4) is 0 Å². The predicted molar refractivity (Wildman–Crippen MR) is 75.1 cm³/mol. The van der Waals surface area contributed by atoms with Crippen LogP contribution in [-0.2, 0) is 9.84 Å². The van der Waals surface area contributed by atoms with E-state index in [0.717, 1.165) is 6.42 Å². The molecule has 0 spiro atoms. The molecule has 1 aliphatic rings. The molecule has 6 nitrogen and oxygen atoms in total. The molecule has 0 aliphatic heterocycles. The summed E-state index contributed by atoms with van der Waals surface area (Å²) < 4.78 is 25.1. The van der Waals surface area contributed by atoms with Crippen LogP contribution in [0.1, 0.15) is 26.7 Å². The maximum atomic E-state index is 12.6. The molecule has 7 heteroatoms. The summed E-state index contributed by atoms with van der Waals surface area (Å²) in [6, 6.07) is 4.55. The van der Waals surface area contributed by atoms with Crippen molar-refractivity contribution in [1.29, 1.82) is 0 Å². The number of hydrogen-bond donors (Lipinski definition) is 1. The monoisotopic (exact) mass is 298 g/mol. The first kappa shape index (κ1) is 14.9. The third-order valence-electron chi connectivity index (χ3n) is 4.15. The summed E-state index contributed by atoms with van der Waals surface area (Å²) in [4.78, 5) is 10.1. The second-order valence-corrected chi connectivity index (χ2v) is 8.05. The standard InChI is InChI=1S/C13H18N2O4S/c1-13(2)8-7-11(12(13)14)20(18,19)10-5-3-9(4-6-10)15(16)17/h3-6,11-12H,7-8,14H2,1-2H3.